The van der Waals surface area contributed by atoms with Gasteiger partial charge in [-0.3, -0.25) is 0 Å². The highest BCUT2D eigenvalue weighted by Crippen LogP contribution is 2.34. The summed E-state index contributed by atoms with van der Waals surface area (Å²) in [6.45, 7) is 11.0. The first-order chi connectivity index (χ1) is 9.83. The van der Waals surface area contributed by atoms with Crippen molar-refractivity contribution in [2.75, 3.05) is 27.0 Å². The lowest BCUT2D eigenvalue weighted by molar-refractivity contribution is 0.252. The van der Waals surface area contributed by atoms with Crippen LogP contribution in [-0.4, -0.2) is 27.0 Å². The standard InChI is InChI=1S/C17H29NO2S/c1-12(17(2,3)4)10-18-11-13-8-14(19-5)15(20-6)9-16(13)21-7/h8-9,12,18H,10-11H2,1-7H3. The highest BCUT2D eigenvalue weighted by Gasteiger charge is 2.19. The lowest BCUT2D eigenvalue weighted by Crippen LogP contribution is -2.29. The minimum Gasteiger partial charge on any atom is -0.493 e. The van der Waals surface area contributed by atoms with E-state index in [0.29, 0.717) is 11.3 Å². The van der Waals surface area contributed by atoms with Gasteiger partial charge in [-0.25, -0.2) is 0 Å². The Morgan fingerprint density at radius 1 is 1.14 bits per heavy atom. The molecule has 120 valence electrons. The third-order valence-electron chi connectivity index (χ3n) is 4.03. The predicted octanol–water partition coefficient (Wildman–Crippen LogP) is 4.20. The molecule has 1 atom stereocenters. The van der Waals surface area contributed by atoms with Crippen LogP contribution in [-0.2, 0) is 6.54 Å². The first-order valence-corrected chi connectivity index (χ1v) is 8.55. The molecule has 0 amide bonds. The molecular weight excluding hydrogens is 282 g/mol. The van der Waals surface area contributed by atoms with Crippen molar-refractivity contribution in [1.82, 2.24) is 5.32 Å². The molecule has 1 aromatic carbocycles. The first-order valence-electron chi connectivity index (χ1n) is 7.33. The van der Waals surface area contributed by atoms with Gasteiger partial charge < -0.3 is 14.8 Å². The zero-order chi connectivity index (χ0) is 16.0. The van der Waals surface area contributed by atoms with Gasteiger partial charge in [-0.2, -0.15) is 0 Å². The summed E-state index contributed by atoms with van der Waals surface area (Å²) >= 11 is 1.73. The summed E-state index contributed by atoms with van der Waals surface area (Å²) < 4.78 is 10.8. The predicted molar refractivity (Wildman–Crippen MR) is 91.7 cm³/mol. The Kier molecular flexibility index (Phi) is 6.88. The van der Waals surface area contributed by atoms with Crippen LogP contribution in [0.25, 0.3) is 0 Å². The van der Waals surface area contributed by atoms with E-state index in [1.54, 1.807) is 26.0 Å². The molecule has 1 unspecified atom stereocenters. The maximum absolute atomic E-state index is 5.40. The molecule has 0 fully saturated rings. The van der Waals surface area contributed by atoms with Gasteiger partial charge in [0.15, 0.2) is 11.5 Å². The van der Waals surface area contributed by atoms with E-state index in [2.05, 4.69) is 45.3 Å². The molecular formula is C17H29NO2S. The highest BCUT2D eigenvalue weighted by molar-refractivity contribution is 7.98. The van der Waals surface area contributed by atoms with Crippen molar-refractivity contribution in [1.29, 1.82) is 0 Å². The number of hydrogen-bond acceptors (Lipinski definition) is 4. The fourth-order valence-corrected chi connectivity index (χ4v) is 2.58. The van der Waals surface area contributed by atoms with Crippen LogP contribution >= 0.6 is 11.8 Å². The van der Waals surface area contributed by atoms with Gasteiger partial charge in [0.25, 0.3) is 0 Å². The van der Waals surface area contributed by atoms with Crippen LogP contribution in [0.3, 0.4) is 0 Å². The molecule has 21 heavy (non-hydrogen) atoms. The zero-order valence-corrected chi connectivity index (χ0v) is 15.2. The molecule has 0 radical (unpaired) electrons. The van der Waals surface area contributed by atoms with Crippen LogP contribution in [0.2, 0.25) is 0 Å². The smallest absolute Gasteiger partial charge is 0.161 e. The Morgan fingerprint density at radius 2 is 1.71 bits per heavy atom. The molecule has 0 saturated carbocycles. The summed E-state index contributed by atoms with van der Waals surface area (Å²) in [5.41, 5.74) is 1.58. The SMILES string of the molecule is COc1cc(CNCC(C)C(C)(C)C)c(SC)cc1OC. The van der Waals surface area contributed by atoms with Gasteiger partial charge in [0.2, 0.25) is 0 Å². The summed E-state index contributed by atoms with van der Waals surface area (Å²) in [5, 5.41) is 3.56. The average Bonchev–Trinajstić information content (AvgIpc) is 2.45. The minimum atomic E-state index is 0.326. The fourth-order valence-electron chi connectivity index (χ4n) is 1.96. The summed E-state index contributed by atoms with van der Waals surface area (Å²) in [7, 11) is 3.35. The van der Waals surface area contributed by atoms with E-state index in [9.17, 15) is 0 Å². The van der Waals surface area contributed by atoms with E-state index < -0.39 is 0 Å². The van der Waals surface area contributed by atoms with Gasteiger partial charge in [-0.15, -0.1) is 11.8 Å². The van der Waals surface area contributed by atoms with E-state index in [0.717, 1.165) is 24.6 Å². The number of methoxy groups -OCH3 is 2. The van der Waals surface area contributed by atoms with Gasteiger partial charge in [-0.1, -0.05) is 27.7 Å². The topological polar surface area (TPSA) is 30.5 Å². The third-order valence-corrected chi connectivity index (χ3v) is 4.85. The summed E-state index contributed by atoms with van der Waals surface area (Å²) in [6.07, 6.45) is 2.09. The summed E-state index contributed by atoms with van der Waals surface area (Å²) in [4.78, 5) is 1.23. The second-order valence-electron chi connectivity index (χ2n) is 6.42. The molecule has 0 saturated heterocycles. The molecule has 0 aliphatic carbocycles. The van der Waals surface area contributed by atoms with Gasteiger partial charge >= 0.3 is 0 Å². The van der Waals surface area contributed by atoms with Gasteiger partial charge in [0, 0.05) is 11.4 Å². The van der Waals surface area contributed by atoms with Crippen molar-refractivity contribution in [2.24, 2.45) is 11.3 Å². The Bertz CT molecular complexity index is 455. The average molecular weight is 311 g/mol. The van der Waals surface area contributed by atoms with Crippen LogP contribution in [0, 0.1) is 11.3 Å². The molecule has 1 rings (SSSR count). The number of ether oxygens (including phenoxy) is 2. The van der Waals surface area contributed by atoms with Crippen molar-refractivity contribution in [3.63, 3.8) is 0 Å². The Balaban J connectivity index is 2.78. The number of rotatable bonds is 7. The molecule has 0 spiro atoms. The zero-order valence-electron chi connectivity index (χ0n) is 14.4. The number of nitrogens with one attached hydrogen (secondary N) is 1. The number of hydrogen-bond donors (Lipinski definition) is 1. The van der Waals surface area contributed by atoms with Crippen LogP contribution in [0.5, 0.6) is 11.5 Å². The lowest BCUT2D eigenvalue weighted by Gasteiger charge is -2.27. The fraction of sp³-hybridized carbons (Fsp3) is 0.647. The molecule has 1 N–H and O–H groups in total. The molecule has 0 bridgehead atoms. The Morgan fingerprint density at radius 3 is 2.19 bits per heavy atom. The molecule has 4 heteroatoms. The third kappa shape index (κ3) is 5.11. The normalized spacial score (nSPS) is 13.1. The molecule has 0 aliphatic rings. The van der Waals surface area contributed by atoms with Crippen molar-refractivity contribution in [3.05, 3.63) is 17.7 Å². The second kappa shape index (κ2) is 7.95. The molecule has 0 aromatic heterocycles. The maximum Gasteiger partial charge on any atom is 0.161 e. The van der Waals surface area contributed by atoms with Crippen LogP contribution in [0.1, 0.15) is 33.3 Å². The largest absolute Gasteiger partial charge is 0.493 e. The van der Waals surface area contributed by atoms with Gasteiger partial charge in [0.05, 0.1) is 14.2 Å². The summed E-state index contributed by atoms with van der Waals surface area (Å²) in [6, 6.07) is 4.12. The van der Waals surface area contributed by atoms with Crippen molar-refractivity contribution in [3.8, 4) is 11.5 Å². The molecule has 0 aliphatic heterocycles. The molecule has 3 nitrogen and oxygen atoms in total. The van der Waals surface area contributed by atoms with Crippen molar-refractivity contribution >= 4 is 11.8 Å². The molecule has 0 heterocycles. The monoisotopic (exact) mass is 311 g/mol. The van der Waals surface area contributed by atoms with E-state index >= 15 is 0 Å². The lowest BCUT2D eigenvalue weighted by atomic mass is 9.82. The van der Waals surface area contributed by atoms with Crippen LogP contribution < -0.4 is 14.8 Å². The quantitative estimate of drug-likeness (QED) is 0.765. The van der Waals surface area contributed by atoms with Crippen LogP contribution in [0.4, 0.5) is 0 Å². The summed E-state index contributed by atoms with van der Waals surface area (Å²) in [5.74, 6) is 2.19. The maximum atomic E-state index is 5.40. The number of benzene rings is 1. The van der Waals surface area contributed by atoms with Crippen LogP contribution in [0.15, 0.2) is 17.0 Å². The first kappa shape index (κ1) is 18.2. The van der Waals surface area contributed by atoms with Crippen molar-refractivity contribution < 1.29 is 9.47 Å². The van der Waals surface area contributed by atoms with E-state index in [4.69, 9.17) is 9.47 Å². The van der Waals surface area contributed by atoms with Gasteiger partial charge in [0.1, 0.15) is 0 Å². The molecule has 1 aromatic rings. The minimum absolute atomic E-state index is 0.326. The van der Waals surface area contributed by atoms with E-state index in [1.165, 1.54) is 10.5 Å². The van der Waals surface area contributed by atoms with E-state index in [1.807, 2.05) is 6.07 Å². The Hall–Kier alpha value is -0.870. The van der Waals surface area contributed by atoms with Crippen molar-refractivity contribution in [2.45, 2.75) is 39.1 Å². The van der Waals surface area contributed by atoms with E-state index in [-0.39, 0.29) is 0 Å². The Labute approximate surface area is 133 Å². The highest BCUT2D eigenvalue weighted by atomic mass is 32.2. The second-order valence-corrected chi connectivity index (χ2v) is 7.27. The number of thioether (sulfide) groups is 1. The van der Waals surface area contributed by atoms with Gasteiger partial charge in [-0.05, 0) is 41.8 Å².